The summed E-state index contributed by atoms with van der Waals surface area (Å²) in [4.78, 5) is 0.178. The standard InChI is InChI=1S/C6H7O3S/c1-5-3-6(4-9-5)10(2,7)8/h3-4H,1H2,2H3. The van der Waals surface area contributed by atoms with Crippen molar-refractivity contribution in [2.24, 2.45) is 0 Å². The molecule has 0 spiro atoms. The zero-order valence-electron chi connectivity index (χ0n) is 5.49. The Bertz CT molecular complexity index is 321. The molecule has 1 aromatic rings. The van der Waals surface area contributed by atoms with Gasteiger partial charge in [-0.1, -0.05) is 0 Å². The van der Waals surface area contributed by atoms with E-state index in [1.54, 1.807) is 0 Å². The average Bonchev–Trinajstić information content (AvgIpc) is 2.11. The van der Waals surface area contributed by atoms with Gasteiger partial charge in [-0.05, 0) is 6.07 Å². The molecular weight excluding hydrogens is 152 g/mol. The maximum Gasteiger partial charge on any atom is 0.178 e. The van der Waals surface area contributed by atoms with Crippen molar-refractivity contribution in [1.29, 1.82) is 0 Å². The molecule has 0 bridgehead atoms. The van der Waals surface area contributed by atoms with Crippen LogP contribution in [0.2, 0.25) is 0 Å². The van der Waals surface area contributed by atoms with Crippen molar-refractivity contribution < 1.29 is 12.8 Å². The van der Waals surface area contributed by atoms with Crippen molar-refractivity contribution in [2.45, 2.75) is 4.90 Å². The lowest BCUT2D eigenvalue weighted by atomic mass is 10.5. The van der Waals surface area contributed by atoms with Gasteiger partial charge < -0.3 is 4.42 Å². The molecular formula is C6H7O3S. The fourth-order valence-electron chi connectivity index (χ4n) is 0.555. The Kier molecular flexibility index (Phi) is 1.56. The molecule has 4 heteroatoms. The topological polar surface area (TPSA) is 47.3 Å². The number of sulfone groups is 1. The quantitative estimate of drug-likeness (QED) is 0.610. The molecule has 0 aliphatic heterocycles. The fraction of sp³-hybridized carbons (Fsp3) is 0.167. The van der Waals surface area contributed by atoms with Crippen LogP contribution in [0, 0.1) is 6.92 Å². The van der Waals surface area contributed by atoms with E-state index in [0.717, 1.165) is 6.26 Å². The number of hydrogen-bond donors (Lipinski definition) is 0. The average molecular weight is 159 g/mol. The molecule has 0 aliphatic rings. The third kappa shape index (κ3) is 1.39. The monoisotopic (exact) mass is 159 g/mol. The Balaban J connectivity index is 3.21. The first-order chi connectivity index (χ1) is 4.50. The molecule has 0 amide bonds. The van der Waals surface area contributed by atoms with Crippen LogP contribution in [0.1, 0.15) is 5.76 Å². The van der Waals surface area contributed by atoms with Gasteiger partial charge in [0.2, 0.25) is 0 Å². The highest BCUT2D eigenvalue weighted by molar-refractivity contribution is 7.90. The molecule has 55 valence electrons. The summed E-state index contributed by atoms with van der Waals surface area (Å²) in [5.41, 5.74) is 0. The summed E-state index contributed by atoms with van der Waals surface area (Å²) in [5.74, 6) is 0.362. The molecule has 1 heterocycles. The molecule has 0 aliphatic carbocycles. The van der Waals surface area contributed by atoms with Crippen LogP contribution in [0.5, 0.6) is 0 Å². The second-order valence-electron chi connectivity index (χ2n) is 2.02. The Morgan fingerprint density at radius 3 is 2.40 bits per heavy atom. The van der Waals surface area contributed by atoms with Crippen LogP contribution >= 0.6 is 0 Å². The van der Waals surface area contributed by atoms with Crippen molar-refractivity contribution in [3.63, 3.8) is 0 Å². The molecule has 0 N–H and O–H groups in total. The lowest BCUT2D eigenvalue weighted by Gasteiger charge is -1.85. The maximum atomic E-state index is 10.8. The van der Waals surface area contributed by atoms with Crippen molar-refractivity contribution in [2.75, 3.05) is 6.26 Å². The Morgan fingerprint density at radius 2 is 2.20 bits per heavy atom. The fourth-order valence-corrected chi connectivity index (χ4v) is 1.12. The van der Waals surface area contributed by atoms with E-state index >= 15 is 0 Å². The normalized spacial score (nSPS) is 11.8. The molecule has 0 unspecified atom stereocenters. The van der Waals surface area contributed by atoms with E-state index in [1.807, 2.05) is 0 Å². The minimum atomic E-state index is -3.12. The van der Waals surface area contributed by atoms with Crippen molar-refractivity contribution in [3.8, 4) is 0 Å². The molecule has 1 radical (unpaired) electrons. The van der Waals surface area contributed by atoms with Gasteiger partial charge in [-0.25, -0.2) is 8.42 Å². The van der Waals surface area contributed by atoms with E-state index < -0.39 is 9.84 Å². The summed E-state index contributed by atoms with van der Waals surface area (Å²) in [6.45, 7) is 3.42. The maximum absolute atomic E-state index is 10.8. The van der Waals surface area contributed by atoms with E-state index in [2.05, 4.69) is 6.92 Å². The molecule has 0 aromatic carbocycles. The Morgan fingerprint density at radius 1 is 1.60 bits per heavy atom. The highest BCUT2D eigenvalue weighted by Gasteiger charge is 2.08. The van der Waals surface area contributed by atoms with Crippen molar-refractivity contribution >= 4 is 9.84 Å². The third-order valence-electron chi connectivity index (χ3n) is 1.06. The van der Waals surface area contributed by atoms with Crippen LogP contribution in [0.25, 0.3) is 0 Å². The minimum Gasteiger partial charge on any atom is -0.468 e. The van der Waals surface area contributed by atoms with E-state index in [9.17, 15) is 8.42 Å². The van der Waals surface area contributed by atoms with Gasteiger partial charge in [0.1, 0.15) is 16.9 Å². The molecule has 1 aromatic heterocycles. The third-order valence-corrected chi connectivity index (χ3v) is 2.13. The van der Waals surface area contributed by atoms with Gasteiger partial charge in [0.25, 0.3) is 0 Å². The van der Waals surface area contributed by atoms with E-state index in [1.165, 1.54) is 12.3 Å². The van der Waals surface area contributed by atoms with E-state index in [4.69, 9.17) is 4.42 Å². The largest absolute Gasteiger partial charge is 0.468 e. The smallest absolute Gasteiger partial charge is 0.178 e. The second-order valence-corrected chi connectivity index (χ2v) is 4.04. The van der Waals surface area contributed by atoms with Gasteiger partial charge in [0, 0.05) is 13.2 Å². The zero-order valence-corrected chi connectivity index (χ0v) is 6.31. The predicted molar refractivity (Wildman–Crippen MR) is 36.3 cm³/mol. The molecule has 0 saturated heterocycles. The Hall–Kier alpha value is -0.770. The first kappa shape index (κ1) is 7.34. The summed E-state index contributed by atoms with van der Waals surface area (Å²) >= 11 is 0. The van der Waals surface area contributed by atoms with E-state index in [-0.39, 0.29) is 4.90 Å². The summed E-state index contributed by atoms with van der Waals surface area (Å²) in [5, 5.41) is 0. The van der Waals surface area contributed by atoms with Gasteiger partial charge in [0.05, 0.1) is 0 Å². The van der Waals surface area contributed by atoms with Gasteiger partial charge in [-0.2, -0.15) is 0 Å². The number of rotatable bonds is 1. The van der Waals surface area contributed by atoms with Crippen LogP contribution in [-0.4, -0.2) is 14.7 Å². The van der Waals surface area contributed by atoms with Crippen LogP contribution in [0.4, 0.5) is 0 Å². The minimum absolute atomic E-state index is 0.178. The lowest BCUT2D eigenvalue weighted by Crippen LogP contribution is -1.93. The second kappa shape index (κ2) is 2.12. The lowest BCUT2D eigenvalue weighted by molar-refractivity contribution is 0.541. The van der Waals surface area contributed by atoms with Crippen LogP contribution in [0.15, 0.2) is 21.6 Å². The van der Waals surface area contributed by atoms with Gasteiger partial charge in [-0.3, -0.25) is 0 Å². The van der Waals surface area contributed by atoms with Gasteiger partial charge in [-0.15, -0.1) is 0 Å². The SMILES string of the molecule is [CH2]c1cc(S(C)(=O)=O)co1. The number of hydrogen-bond acceptors (Lipinski definition) is 3. The van der Waals surface area contributed by atoms with Gasteiger partial charge in [0.15, 0.2) is 9.84 Å². The van der Waals surface area contributed by atoms with Gasteiger partial charge >= 0.3 is 0 Å². The van der Waals surface area contributed by atoms with Crippen LogP contribution < -0.4 is 0 Å². The molecule has 0 saturated carbocycles. The predicted octanol–water partition coefficient (Wildman–Crippen LogP) is 0.865. The first-order valence-electron chi connectivity index (χ1n) is 2.61. The molecule has 3 nitrogen and oxygen atoms in total. The van der Waals surface area contributed by atoms with Crippen molar-refractivity contribution in [3.05, 3.63) is 25.0 Å². The molecule has 0 atom stereocenters. The highest BCUT2D eigenvalue weighted by atomic mass is 32.2. The highest BCUT2D eigenvalue weighted by Crippen LogP contribution is 2.11. The number of furan rings is 1. The molecule has 10 heavy (non-hydrogen) atoms. The summed E-state index contributed by atoms with van der Waals surface area (Å²) in [6.07, 6.45) is 2.30. The first-order valence-corrected chi connectivity index (χ1v) is 4.50. The Labute approximate surface area is 59.6 Å². The molecule has 0 fully saturated rings. The summed E-state index contributed by atoms with van der Waals surface area (Å²) < 4.78 is 26.2. The molecule has 1 rings (SSSR count). The van der Waals surface area contributed by atoms with Crippen molar-refractivity contribution in [1.82, 2.24) is 0 Å². The summed E-state index contributed by atoms with van der Waals surface area (Å²) in [7, 11) is -3.12. The summed E-state index contributed by atoms with van der Waals surface area (Å²) in [6, 6.07) is 1.38. The zero-order chi connectivity index (χ0) is 7.78. The van der Waals surface area contributed by atoms with Crippen LogP contribution in [-0.2, 0) is 9.84 Å². The van der Waals surface area contributed by atoms with Crippen LogP contribution in [0.3, 0.4) is 0 Å². The van der Waals surface area contributed by atoms with E-state index in [0.29, 0.717) is 5.76 Å².